The van der Waals surface area contributed by atoms with Crippen molar-refractivity contribution in [3.8, 4) is 0 Å². The highest BCUT2D eigenvalue weighted by molar-refractivity contribution is 5.91. The summed E-state index contributed by atoms with van der Waals surface area (Å²) in [5.41, 5.74) is 8.07. The molecule has 1 aliphatic rings. The van der Waals surface area contributed by atoms with Crippen LogP contribution in [0.15, 0.2) is 18.2 Å². The second-order valence-corrected chi connectivity index (χ2v) is 4.75. The van der Waals surface area contributed by atoms with E-state index in [1.54, 1.807) is 12.1 Å². The number of hydrogen-bond acceptors (Lipinski definition) is 5. The van der Waals surface area contributed by atoms with E-state index >= 15 is 0 Å². The number of benzene rings is 1. The van der Waals surface area contributed by atoms with Gasteiger partial charge < -0.3 is 20.1 Å². The third-order valence-corrected chi connectivity index (χ3v) is 3.24. The van der Waals surface area contributed by atoms with Crippen LogP contribution in [0.5, 0.6) is 0 Å². The predicted molar refractivity (Wildman–Crippen MR) is 74.4 cm³/mol. The van der Waals surface area contributed by atoms with Gasteiger partial charge in [0.2, 0.25) is 0 Å². The molecular weight excluding hydrogens is 244 g/mol. The van der Waals surface area contributed by atoms with Gasteiger partial charge in [-0.15, -0.1) is 0 Å². The van der Waals surface area contributed by atoms with Crippen LogP contribution >= 0.6 is 0 Å². The molecule has 2 N–H and O–H groups in total. The molecule has 19 heavy (non-hydrogen) atoms. The molecular formula is C14H20N2O3. The quantitative estimate of drug-likeness (QED) is 0.650. The SMILES string of the molecule is COC(=O)c1ccc(N2CCCOC(C)C2)c(N)c1. The molecule has 1 unspecified atom stereocenters. The maximum absolute atomic E-state index is 11.4. The Hall–Kier alpha value is -1.75. The van der Waals surface area contributed by atoms with E-state index in [1.165, 1.54) is 7.11 Å². The first-order valence-electron chi connectivity index (χ1n) is 6.46. The first-order chi connectivity index (χ1) is 9.11. The third kappa shape index (κ3) is 3.17. The monoisotopic (exact) mass is 264 g/mol. The highest BCUT2D eigenvalue weighted by Crippen LogP contribution is 2.26. The van der Waals surface area contributed by atoms with E-state index in [0.29, 0.717) is 11.3 Å². The van der Waals surface area contributed by atoms with Crippen LogP contribution in [-0.4, -0.2) is 38.9 Å². The molecule has 1 fully saturated rings. The second kappa shape index (κ2) is 5.93. The lowest BCUT2D eigenvalue weighted by Gasteiger charge is -2.25. The van der Waals surface area contributed by atoms with Gasteiger partial charge in [0.05, 0.1) is 30.2 Å². The summed E-state index contributed by atoms with van der Waals surface area (Å²) < 4.78 is 10.3. The fraction of sp³-hybridized carbons (Fsp3) is 0.500. The highest BCUT2D eigenvalue weighted by atomic mass is 16.5. The zero-order chi connectivity index (χ0) is 13.8. The zero-order valence-electron chi connectivity index (χ0n) is 11.4. The number of hydrogen-bond donors (Lipinski definition) is 1. The van der Waals surface area contributed by atoms with Gasteiger partial charge in [0.25, 0.3) is 0 Å². The number of carbonyl (C=O) groups excluding carboxylic acids is 1. The molecule has 1 aliphatic heterocycles. The predicted octanol–water partition coefficient (Wildman–Crippen LogP) is 1.67. The number of carbonyl (C=O) groups is 1. The molecule has 1 aromatic rings. The molecule has 104 valence electrons. The first-order valence-corrected chi connectivity index (χ1v) is 6.46. The Bertz CT molecular complexity index is 462. The van der Waals surface area contributed by atoms with E-state index in [1.807, 2.05) is 6.07 Å². The van der Waals surface area contributed by atoms with Gasteiger partial charge in [-0.05, 0) is 31.5 Å². The van der Waals surface area contributed by atoms with E-state index in [2.05, 4.69) is 16.6 Å². The van der Waals surface area contributed by atoms with Crippen LogP contribution in [0, 0.1) is 0 Å². The maximum atomic E-state index is 11.4. The highest BCUT2D eigenvalue weighted by Gasteiger charge is 2.18. The minimum atomic E-state index is -0.370. The van der Waals surface area contributed by atoms with Crippen LogP contribution < -0.4 is 10.6 Å². The summed E-state index contributed by atoms with van der Waals surface area (Å²) in [5, 5.41) is 0. The van der Waals surface area contributed by atoms with Crippen molar-refractivity contribution in [1.29, 1.82) is 0 Å². The Morgan fingerprint density at radius 1 is 1.53 bits per heavy atom. The van der Waals surface area contributed by atoms with Crippen molar-refractivity contribution >= 4 is 17.3 Å². The van der Waals surface area contributed by atoms with Crippen LogP contribution in [0.1, 0.15) is 23.7 Å². The number of rotatable bonds is 2. The smallest absolute Gasteiger partial charge is 0.337 e. The van der Waals surface area contributed by atoms with Gasteiger partial charge in [0.15, 0.2) is 0 Å². The lowest BCUT2D eigenvalue weighted by atomic mass is 10.1. The van der Waals surface area contributed by atoms with E-state index in [-0.39, 0.29) is 12.1 Å². The molecule has 0 saturated carbocycles. The molecule has 5 heteroatoms. The average molecular weight is 264 g/mol. The van der Waals surface area contributed by atoms with Crippen LogP contribution in [0.4, 0.5) is 11.4 Å². The van der Waals surface area contributed by atoms with Crippen molar-refractivity contribution in [3.63, 3.8) is 0 Å². The molecule has 0 amide bonds. The van der Waals surface area contributed by atoms with Gasteiger partial charge in [-0.3, -0.25) is 0 Å². The van der Waals surface area contributed by atoms with E-state index in [0.717, 1.165) is 31.8 Å². The summed E-state index contributed by atoms with van der Waals surface area (Å²) in [6.07, 6.45) is 1.16. The number of methoxy groups -OCH3 is 1. The number of anilines is 2. The molecule has 2 rings (SSSR count). The Labute approximate surface area is 113 Å². The van der Waals surface area contributed by atoms with Crippen molar-refractivity contribution in [3.05, 3.63) is 23.8 Å². The summed E-state index contributed by atoms with van der Waals surface area (Å²) in [6.45, 7) is 4.54. The average Bonchev–Trinajstić information content (AvgIpc) is 2.62. The van der Waals surface area contributed by atoms with Crippen LogP contribution in [0.25, 0.3) is 0 Å². The van der Waals surface area contributed by atoms with Gasteiger partial charge >= 0.3 is 5.97 Å². The fourth-order valence-electron chi connectivity index (χ4n) is 2.30. The topological polar surface area (TPSA) is 64.8 Å². The van der Waals surface area contributed by atoms with Gasteiger partial charge in [0.1, 0.15) is 0 Å². The third-order valence-electron chi connectivity index (χ3n) is 3.24. The van der Waals surface area contributed by atoms with Crippen molar-refractivity contribution in [2.24, 2.45) is 0 Å². The summed E-state index contributed by atoms with van der Waals surface area (Å²) in [5.74, 6) is -0.370. The molecule has 1 aromatic carbocycles. The molecule has 0 bridgehead atoms. The lowest BCUT2D eigenvalue weighted by molar-refractivity contribution is 0.0600. The minimum absolute atomic E-state index is 0.183. The normalized spacial score (nSPS) is 19.9. The fourth-order valence-corrected chi connectivity index (χ4v) is 2.30. The number of nitrogens with two attached hydrogens (primary N) is 1. The van der Waals surface area contributed by atoms with Gasteiger partial charge in [-0.1, -0.05) is 0 Å². The zero-order valence-corrected chi connectivity index (χ0v) is 11.4. The van der Waals surface area contributed by atoms with E-state index < -0.39 is 0 Å². The van der Waals surface area contributed by atoms with Crippen LogP contribution in [0.3, 0.4) is 0 Å². The maximum Gasteiger partial charge on any atom is 0.337 e. The lowest BCUT2D eigenvalue weighted by Crippen LogP contribution is -2.30. The molecule has 0 aliphatic carbocycles. The summed E-state index contributed by atoms with van der Waals surface area (Å²) >= 11 is 0. The second-order valence-electron chi connectivity index (χ2n) is 4.75. The number of esters is 1. The first kappa shape index (κ1) is 13.7. The largest absolute Gasteiger partial charge is 0.465 e. The van der Waals surface area contributed by atoms with Crippen molar-refractivity contribution in [2.75, 3.05) is 37.4 Å². The van der Waals surface area contributed by atoms with E-state index in [4.69, 9.17) is 10.5 Å². The molecule has 0 spiro atoms. The molecule has 0 radical (unpaired) electrons. The Balaban J connectivity index is 2.22. The van der Waals surface area contributed by atoms with Gasteiger partial charge in [-0.25, -0.2) is 4.79 Å². The van der Waals surface area contributed by atoms with Crippen molar-refractivity contribution < 1.29 is 14.3 Å². The summed E-state index contributed by atoms with van der Waals surface area (Å²) in [4.78, 5) is 13.7. The molecule has 0 aromatic heterocycles. The van der Waals surface area contributed by atoms with Gasteiger partial charge in [-0.2, -0.15) is 0 Å². The minimum Gasteiger partial charge on any atom is -0.465 e. The molecule has 1 atom stereocenters. The Morgan fingerprint density at radius 2 is 2.32 bits per heavy atom. The number of ether oxygens (including phenoxy) is 2. The van der Waals surface area contributed by atoms with Crippen LogP contribution in [-0.2, 0) is 9.47 Å². The molecule has 5 nitrogen and oxygen atoms in total. The van der Waals surface area contributed by atoms with E-state index in [9.17, 15) is 4.79 Å². The van der Waals surface area contributed by atoms with Crippen molar-refractivity contribution in [2.45, 2.75) is 19.4 Å². The molecule has 1 saturated heterocycles. The standard InChI is InChI=1S/C14H20N2O3/c1-10-9-16(6-3-7-19-10)13-5-4-11(8-12(13)15)14(17)18-2/h4-5,8,10H,3,6-7,9,15H2,1-2H3. The van der Waals surface area contributed by atoms with Gasteiger partial charge in [0, 0.05) is 19.7 Å². The Morgan fingerprint density at radius 3 is 3.00 bits per heavy atom. The molecule has 1 heterocycles. The number of nitrogens with zero attached hydrogens (tertiary/aromatic N) is 1. The van der Waals surface area contributed by atoms with Crippen molar-refractivity contribution in [1.82, 2.24) is 0 Å². The Kier molecular flexibility index (Phi) is 4.27. The van der Waals surface area contributed by atoms with Crippen LogP contribution in [0.2, 0.25) is 0 Å². The summed E-state index contributed by atoms with van der Waals surface area (Å²) in [7, 11) is 1.36. The summed E-state index contributed by atoms with van der Waals surface area (Å²) in [6, 6.07) is 5.28. The number of nitrogen functional groups attached to an aromatic ring is 1.